The van der Waals surface area contributed by atoms with Crippen LogP contribution >= 0.6 is 22.7 Å². The Balaban J connectivity index is 1.98. The highest BCUT2D eigenvalue weighted by Gasteiger charge is 2.17. The average molecular weight is 409 g/mol. The Morgan fingerprint density at radius 1 is 1.25 bits per heavy atom. The number of ether oxygens (including phenoxy) is 1. The fraction of sp³-hybridized carbons (Fsp3) is 0.100. The first-order valence-electron chi connectivity index (χ1n) is 8.14. The number of carbonyl (C=O) groups excluding carboxylic acids is 2. The van der Waals surface area contributed by atoms with E-state index in [0.717, 1.165) is 10.4 Å². The summed E-state index contributed by atoms with van der Waals surface area (Å²) in [7, 11) is 1.32. The molecular weight excluding hydrogens is 394 g/mol. The lowest BCUT2D eigenvalue weighted by Gasteiger charge is -2.00. The monoisotopic (exact) mass is 409 g/mol. The number of allylic oxidation sites excluding steroid dienone is 1. The predicted molar refractivity (Wildman–Crippen MR) is 111 cm³/mol. The van der Waals surface area contributed by atoms with Crippen LogP contribution in [-0.4, -0.2) is 24.0 Å². The fourth-order valence-electron chi connectivity index (χ4n) is 2.40. The molecule has 0 aliphatic rings. The molecular formula is C20H15N3O3S2. The van der Waals surface area contributed by atoms with Crippen LogP contribution in [0.3, 0.4) is 0 Å². The molecule has 0 atom stereocenters. The van der Waals surface area contributed by atoms with Crippen LogP contribution < -0.4 is 5.32 Å². The third-order valence-electron chi connectivity index (χ3n) is 3.66. The zero-order valence-corrected chi connectivity index (χ0v) is 16.7. The number of amides is 1. The van der Waals surface area contributed by atoms with E-state index in [-0.39, 0.29) is 5.91 Å². The molecule has 3 rings (SSSR count). The number of aromatic nitrogens is 1. The smallest absolute Gasteiger partial charge is 0.337 e. The van der Waals surface area contributed by atoms with Gasteiger partial charge in [0.15, 0.2) is 0 Å². The largest absolute Gasteiger partial charge is 0.465 e. The number of carbonyl (C=O) groups is 2. The summed E-state index contributed by atoms with van der Waals surface area (Å²) in [6.45, 7) is 1.43. The topological polar surface area (TPSA) is 92.1 Å². The Hall–Kier alpha value is -3.28. The van der Waals surface area contributed by atoms with Crippen molar-refractivity contribution in [2.45, 2.75) is 6.92 Å². The molecule has 3 aromatic rings. The standard InChI is InChI=1S/C20H15N3O3S2/c1-12(24)22-19-17(16-4-3-9-27-16)23-18(28-19)15(11-21)10-13-5-7-14(8-6-13)20(25)26-2/h3-10H,1-2H3,(H,22,24)/b15-10+. The number of esters is 1. The maximum absolute atomic E-state index is 11.5. The number of hydrogen-bond donors (Lipinski definition) is 1. The summed E-state index contributed by atoms with van der Waals surface area (Å²) in [5.41, 5.74) is 2.19. The van der Waals surface area contributed by atoms with Crippen molar-refractivity contribution in [1.82, 2.24) is 4.98 Å². The van der Waals surface area contributed by atoms with Crippen LogP contribution in [0.5, 0.6) is 0 Å². The number of thiophene rings is 1. The molecule has 0 spiro atoms. The van der Waals surface area contributed by atoms with Crippen LogP contribution in [0, 0.1) is 11.3 Å². The van der Waals surface area contributed by atoms with Gasteiger partial charge in [0.25, 0.3) is 0 Å². The molecule has 0 unspecified atom stereocenters. The number of nitrogens with zero attached hydrogens (tertiary/aromatic N) is 2. The maximum atomic E-state index is 11.5. The number of rotatable bonds is 5. The van der Waals surface area contributed by atoms with Gasteiger partial charge in [-0.3, -0.25) is 4.79 Å². The van der Waals surface area contributed by atoms with Crippen molar-refractivity contribution >= 4 is 51.2 Å². The molecule has 1 aromatic carbocycles. The zero-order chi connectivity index (χ0) is 20.1. The lowest BCUT2D eigenvalue weighted by atomic mass is 10.1. The highest BCUT2D eigenvalue weighted by Crippen LogP contribution is 2.38. The van der Waals surface area contributed by atoms with Gasteiger partial charge in [0.05, 0.1) is 23.1 Å². The normalized spacial score (nSPS) is 11.0. The first-order chi connectivity index (χ1) is 13.5. The number of anilines is 1. The molecule has 0 saturated heterocycles. The summed E-state index contributed by atoms with van der Waals surface area (Å²) in [5.74, 6) is -0.620. The predicted octanol–water partition coefficient (Wildman–Crippen LogP) is 4.68. The van der Waals surface area contributed by atoms with E-state index < -0.39 is 5.97 Å². The van der Waals surface area contributed by atoms with Crippen molar-refractivity contribution in [2.75, 3.05) is 12.4 Å². The van der Waals surface area contributed by atoms with Gasteiger partial charge in [-0.05, 0) is 35.2 Å². The quantitative estimate of drug-likeness (QED) is 0.488. The fourth-order valence-corrected chi connectivity index (χ4v) is 4.18. The van der Waals surface area contributed by atoms with Crippen LogP contribution in [0.4, 0.5) is 5.00 Å². The van der Waals surface area contributed by atoms with Crippen LogP contribution in [-0.2, 0) is 9.53 Å². The third kappa shape index (κ3) is 4.34. The van der Waals surface area contributed by atoms with E-state index in [1.807, 2.05) is 17.5 Å². The van der Waals surface area contributed by atoms with Crippen LogP contribution in [0.15, 0.2) is 41.8 Å². The highest BCUT2D eigenvalue weighted by molar-refractivity contribution is 7.18. The minimum absolute atomic E-state index is 0.200. The Morgan fingerprint density at radius 3 is 2.57 bits per heavy atom. The van der Waals surface area contributed by atoms with Crippen LogP contribution in [0.25, 0.3) is 22.2 Å². The van der Waals surface area contributed by atoms with E-state index in [9.17, 15) is 14.9 Å². The molecule has 140 valence electrons. The molecule has 0 radical (unpaired) electrons. The van der Waals surface area contributed by atoms with Gasteiger partial charge >= 0.3 is 5.97 Å². The number of nitrogens with one attached hydrogen (secondary N) is 1. The van der Waals surface area contributed by atoms with Gasteiger partial charge in [-0.25, -0.2) is 9.78 Å². The van der Waals surface area contributed by atoms with E-state index >= 15 is 0 Å². The molecule has 0 bridgehead atoms. The number of nitriles is 1. The lowest BCUT2D eigenvalue weighted by Crippen LogP contribution is -2.04. The summed E-state index contributed by atoms with van der Waals surface area (Å²) in [4.78, 5) is 28.6. The number of methoxy groups -OCH3 is 1. The second-order valence-corrected chi connectivity index (χ2v) is 7.59. The Labute approximate surface area is 169 Å². The Bertz CT molecular complexity index is 1080. The maximum Gasteiger partial charge on any atom is 0.337 e. The molecule has 1 amide bonds. The van der Waals surface area contributed by atoms with Gasteiger partial charge < -0.3 is 10.1 Å². The van der Waals surface area contributed by atoms with Crippen LogP contribution in [0.2, 0.25) is 0 Å². The molecule has 0 saturated carbocycles. The van der Waals surface area contributed by atoms with Crippen molar-refractivity contribution < 1.29 is 14.3 Å². The van der Waals surface area contributed by atoms with E-state index in [1.165, 1.54) is 36.7 Å². The first-order valence-corrected chi connectivity index (χ1v) is 9.84. The van der Waals surface area contributed by atoms with Crippen molar-refractivity contribution in [1.29, 1.82) is 5.26 Å². The van der Waals surface area contributed by atoms with Crippen molar-refractivity contribution in [3.63, 3.8) is 0 Å². The molecule has 0 fully saturated rings. The Kier molecular flexibility index (Phi) is 5.99. The van der Waals surface area contributed by atoms with Gasteiger partial charge in [0.1, 0.15) is 21.8 Å². The SMILES string of the molecule is COC(=O)c1ccc(/C=C(\C#N)c2nc(-c3cccs3)c(NC(C)=O)s2)cc1. The molecule has 2 heterocycles. The molecule has 0 aliphatic carbocycles. The van der Waals surface area contributed by atoms with Crippen LogP contribution in [0.1, 0.15) is 27.9 Å². The second-order valence-electron chi connectivity index (χ2n) is 5.64. The Morgan fingerprint density at radius 2 is 2.00 bits per heavy atom. The van der Waals surface area contributed by atoms with E-state index in [2.05, 4.69) is 21.1 Å². The summed E-state index contributed by atoms with van der Waals surface area (Å²) in [5, 5.41) is 15.4. The summed E-state index contributed by atoms with van der Waals surface area (Å²) < 4.78 is 4.68. The second kappa shape index (κ2) is 8.61. The van der Waals surface area contributed by atoms with Gasteiger partial charge in [0, 0.05) is 6.92 Å². The number of thiazole rings is 1. The van der Waals surface area contributed by atoms with Crippen molar-refractivity contribution in [3.05, 3.63) is 57.9 Å². The minimum Gasteiger partial charge on any atom is -0.465 e. The summed E-state index contributed by atoms with van der Waals surface area (Å²) in [6, 6.07) is 12.7. The first kappa shape index (κ1) is 19.5. The molecule has 1 N–H and O–H groups in total. The zero-order valence-electron chi connectivity index (χ0n) is 15.1. The number of hydrogen-bond acceptors (Lipinski definition) is 7. The van der Waals surface area contributed by atoms with Crippen molar-refractivity contribution in [3.8, 4) is 16.6 Å². The summed E-state index contributed by atoms with van der Waals surface area (Å²) in [6.07, 6.45) is 1.69. The minimum atomic E-state index is -0.420. The molecule has 2 aromatic heterocycles. The van der Waals surface area contributed by atoms with Crippen molar-refractivity contribution in [2.24, 2.45) is 0 Å². The van der Waals surface area contributed by atoms with Gasteiger partial charge in [0.2, 0.25) is 5.91 Å². The van der Waals surface area contributed by atoms with E-state index in [4.69, 9.17) is 0 Å². The van der Waals surface area contributed by atoms with Gasteiger partial charge in [-0.15, -0.1) is 11.3 Å². The molecule has 6 nitrogen and oxygen atoms in total. The van der Waals surface area contributed by atoms with Gasteiger partial charge in [-0.1, -0.05) is 29.5 Å². The average Bonchev–Trinajstić information content (AvgIpc) is 3.35. The van der Waals surface area contributed by atoms with E-state index in [0.29, 0.717) is 26.8 Å². The molecule has 0 aliphatic heterocycles. The lowest BCUT2D eigenvalue weighted by molar-refractivity contribution is -0.114. The molecule has 28 heavy (non-hydrogen) atoms. The molecule has 8 heteroatoms. The number of benzene rings is 1. The van der Waals surface area contributed by atoms with E-state index in [1.54, 1.807) is 30.3 Å². The van der Waals surface area contributed by atoms with Gasteiger partial charge in [-0.2, -0.15) is 5.26 Å². The summed E-state index contributed by atoms with van der Waals surface area (Å²) >= 11 is 2.76. The third-order valence-corrected chi connectivity index (χ3v) is 5.55. The highest BCUT2D eigenvalue weighted by atomic mass is 32.1.